The normalized spacial score (nSPS) is 43.3. The van der Waals surface area contributed by atoms with Crippen LogP contribution in [0.1, 0.15) is 100 Å². The molecule has 0 unspecified atom stereocenters. The van der Waals surface area contributed by atoms with Crippen LogP contribution in [0.25, 0.3) is 0 Å². The number of cyclic esters (lactones) is 1. The molecule has 5 N–H and O–H groups in total. The fourth-order valence-electron chi connectivity index (χ4n) is 9.55. The lowest BCUT2D eigenvalue weighted by Crippen LogP contribution is -2.61. The maximum Gasteiger partial charge on any atom is 0.407 e. The number of Topliss-reactive ketones (excluding diaryl/α,β-unsaturated/α-hetero) is 1. The second kappa shape index (κ2) is 20.8. The van der Waals surface area contributed by atoms with Gasteiger partial charge in [-0.3, -0.25) is 9.59 Å². The van der Waals surface area contributed by atoms with E-state index in [1.165, 1.54) is 27.9 Å². The molecule has 1 aromatic rings. The van der Waals surface area contributed by atoms with Gasteiger partial charge < -0.3 is 63.8 Å². The summed E-state index contributed by atoms with van der Waals surface area (Å²) in [5.74, 6) is -5.19. The number of methoxy groups -OCH3 is 1. The van der Waals surface area contributed by atoms with Gasteiger partial charge in [0.25, 0.3) is 0 Å². The van der Waals surface area contributed by atoms with Crippen molar-refractivity contribution in [2.24, 2.45) is 23.7 Å². The van der Waals surface area contributed by atoms with Crippen LogP contribution in [0.15, 0.2) is 30.3 Å². The van der Waals surface area contributed by atoms with E-state index in [-0.39, 0.29) is 38.0 Å². The van der Waals surface area contributed by atoms with Crippen molar-refractivity contribution >= 4 is 17.8 Å². The first kappa shape index (κ1) is 50.9. The fourth-order valence-corrected chi connectivity index (χ4v) is 9.55. The average molecular weight is 867 g/mol. The van der Waals surface area contributed by atoms with Crippen LogP contribution in [0, 0.1) is 23.7 Å². The molecular formula is C45H74N2O14. The highest BCUT2D eigenvalue weighted by Gasteiger charge is 2.54. The number of carbonyl (C=O) groups excluding carboxylic acids is 3. The van der Waals surface area contributed by atoms with Crippen LogP contribution in [0.3, 0.4) is 0 Å². The minimum absolute atomic E-state index is 0.0335. The maximum atomic E-state index is 14.3. The minimum atomic E-state index is -2.03. The van der Waals surface area contributed by atoms with Gasteiger partial charge in [-0.25, -0.2) is 4.79 Å². The van der Waals surface area contributed by atoms with Crippen molar-refractivity contribution in [3.63, 3.8) is 0 Å². The largest absolute Gasteiger partial charge is 0.459 e. The van der Waals surface area contributed by atoms with Gasteiger partial charge in [0, 0.05) is 43.9 Å². The number of carbonyl (C=O) groups is 3. The maximum absolute atomic E-state index is 14.3. The SMILES string of the molecule is CC[C@H]1OC(=O)[C@H](C)[C@@H](O[C@H]2C[C@@](C)(OC)[C@@H](OC(=O)NCc3ccccc3)[C@H](C)O2)[C@H](C)[C@@H](O[C@@H]2O[C@H](C)C[C@H](N(C)C)[C@H]2O)[C@@](C)(O)C[C@@H](C)C(=O)[C@H](C)[C@@H](O)[C@]1(C)O. The molecule has 3 aliphatic rings. The monoisotopic (exact) mass is 867 g/mol. The number of benzene rings is 1. The molecule has 3 saturated heterocycles. The van der Waals surface area contributed by atoms with Crippen LogP contribution in [0.4, 0.5) is 4.79 Å². The van der Waals surface area contributed by atoms with Crippen LogP contribution >= 0.6 is 0 Å². The summed E-state index contributed by atoms with van der Waals surface area (Å²) in [4.78, 5) is 43.2. The molecule has 61 heavy (non-hydrogen) atoms. The van der Waals surface area contributed by atoms with Crippen LogP contribution in [-0.4, -0.2) is 149 Å². The molecule has 0 radical (unpaired) electrons. The Morgan fingerprint density at radius 3 is 2.15 bits per heavy atom. The van der Waals surface area contributed by atoms with Crippen molar-refractivity contribution in [3.05, 3.63) is 35.9 Å². The van der Waals surface area contributed by atoms with Gasteiger partial charge >= 0.3 is 12.1 Å². The lowest BCUT2D eigenvalue weighted by Gasteiger charge is -2.49. The van der Waals surface area contributed by atoms with Crippen molar-refractivity contribution in [1.82, 2.24) is 10.2 Å². The summed E-state index contributed by atoms with van der Waals surface area (Å²) in [6.07, 6.45) is -10.9. The predicted molar refractivity (Wildman–Crippen MR) is 224 cm³/mol. The molecule has 3 fully saturated rings. The molecule has 0 saturated carbocycles. The average Bonchev–Trinajstić information content (AvgIpc) is 3.20. The molecule has 0 spiro atoms. The molecule has 3 heterocycles. The summed E-state index contributed by atoms with van der Waals surface area (Å²) in [6.45, 7) is 16.6. The first-order valence-corrected chi connectivity index (χ1v) is 21.7. The lowest BCUT2D eigenvalue weighted by atomic mass is 9.74. The highest BCUT2D eigenvalue weighted by molar-refractivity contribution is 5.83. The number of esters is 1. The quantitative estimate of drug-likeness (QED) is 0.212. The number of hydrogen-bond acceptors (Lipinski definition) is 15. The molecule has 4 rings (SSSR count). The summed E-state index contributed by atoms with van der Waals surface area (Å²) in [5, 5.41) is 50.1. The van der Waals surface area contributed by atoms with Gasteiger partial charge in [0.15, 0.2) is 18.7 Å². The standard InChI is InChI=1S/C45H74N2O14/c1-14-32-45(10,54)37(50)26(4)34(48)24(2)21-43(8,53)38(60-41-35(49)31(47(11)12)20-25(3)56-41)27(5)36(28(6)40(51)58-32)59-33-22-44(9,55-13)39(29(7)57-33)61-42(52)46-23-30-18-16-15-17-19-30/h15-19,24-29,31-33,35-39,41,49-50,53-54H,14,20-23H2,1-13H3,(H,46,52)/t24-,25-,26+,27+,28-,29+,31+,32-,33+,35-,36+,37-,38-,39+,41+,43+,44-,45-/m1/s1. The zero-order chi connectivity index (χ0) is 45.8. The molecule has 16 nitrogen and oxygen atoms in total. The molecule has 0 aliphatic carbocycles. The number of hydrogen-bond donors (Lipinski definition) is 5. The number of nitrogens with one attached hydrogen (secondary N) is 1. The van der Waals surface area contributed by atoms with Gasteiger partial charge in [-0.1, -0.05) is 58.0 Å². The van der Waals surface area contributed by atoms with E-state index in [4.69, 9.17) is 33.2 Å². The number of rotatable bonds is 10. The van der Waals surface area contributed by atoms with E-state index < -0.39 is 114 Å². The number of alkyl carbamates (subject to hydrolysis) is 1. The van der Waals surface area contributed by atoms with Gasteiger partial charge in [0.05, 0.1) is 42.0 Å². The van der Waals surface area contributed by atoms with Crippen LogP contribution < -0.4 is 5.32 Å². The summed E-state index contributed by atoms with van der Waals surface area (Å²) < 4.78 is 43.9. The van der Waals surface area contributed by atoms with Crippen molar-refractivity contribution in [2.45, 2.75) is 186 Å². The highest BCUT2D eigenvalue weighted by atomic mass is 16.7. The molecule has 1 amide bonds. The van der Waals surface area contributed by atoms with E-state index in [9.17, 15) is 34.8 Å². The number of amides is 1. The molecule has 1 aromatic carbocycles. The fraction of sp³-hybridized carbons (Fsp3) is 0.800. The van der Waals surface area contributed by atoms with Crippen LogP contribution in [0.5, 0.6) is 0 Å². The lowest BCUT2D eigenvalue weighted by molar-refractivity contribution is -0.317. The van der Waals surface area contributed by atoms with Crippen molar-refractivity contribution in [1.29, 1.82) is 0 Å². The third-order valence-electron chi connectivity index (χ3n) is 13.3. The van der Waals surface area contributed by atoms with Gasteiger partial charge in [-0.2, -0.15) is 0 Å². The van der Waals surface area contributed by atoms with E-state index >= 15 is 0 Å². The van der Waals surface area contributed by atoms with E-state index in [1.54, 1.807) is 41.5 Å². The number of nitrogens with zero attached hydrogens (tertiary/aromatic N) is 1. The van der Waals surface area contributed by atoms with E-state index in [1.807, 2.05) is 56.3 Å². The van der Waals surface area contributed by atoms with Crippen molar-refractivity contribution < 1.29 is 68.0 Å². The Morgan fingerprint density at radius 2 is 1.56 bits per heavy atom. The smallest absolute Gasteiger partial charge is 0.407 e. The number of aliphatic hydroxyl groups is 4. The van der Waals surface area contributed by atoms with Crippen molar-refractivity contribution in [3.8, 4) is 0 Å². The summed E-state index contributed by atoms with van der Waals surface area (Å²) in [5.41, 5.74) is -4.13. The van der Waals surface area contributed by atoms with E-state index in [2.05, 4.69) is 5.32 Å². The van der Waals surface area contributed by atoms with Gasteiger partial charge in [0.1, 0.15) is 29.2 Å². The number of ketones is 1. The second-order valence-electron chi connectivity index (χ2n) is 18.7. The van der Waals surface area contributed by atoms with Crippen LogP contribution in [-0.2, 0) is 49.3 Å². The molecule has 0 aromatic heterocycles. The third-order valence-corrected chi connectivity index (χ3v) is 13.3. The Labute approximate surface area is 361 Å². The Hall–Kier alpha value is -2.77. The highest BCUT2D eigenvalue weighted by Crippen LogP contribution is 2.41. The molecular weight excluding hydrogens is 792 g/mol. The Kier molecular flexibility index (Phi) is 17.4. The molecule has 3 aliphatic heterocycles. The number of ether oxygens (including phenoxy) is 7. The van der Waals surface area contributed by atoms with Gasteiger partial charge in [-0.15, -0.1) is 0 Å². The third kappa shape index (κ3) is 11.9. The Bertz CT molecular complexity index is 1600. The molecule has 16 heteroatoms. The Morgan fingerprint density at radius 1 is 0.918 bits per heavy atom. The number of likely N-dealkylation sites (N-methyl/N-ethyl adjacent to an activating group) is 1. The second-order valence-corrected chi connectivity index (χ2v) is 18.7. The number of aliphatic hydroxyl groups excluding tert-OH is 2. The predicted octanol–water partition coefficient (Wildman–Crippen LogP) is 3.72. The minimum Gasteiger partial charge on any atom is -0.459 e. The van der Waals surface area contributed by atoms with E-state index in [0.717, 1.165) is 5.56 Å². The van der Waals surface area contributed by atoms with Gasteiger partial charge in [0.2, 0.25) is 0 Å². The molecule has 18 atom stereocenters. The van der Waals surface area contributed by atoms with Gasteiger partial charge in [-0.05, 0) is 80.5 Å². The molecule has 348 valence electrons. The summed E-state index contributed by atoms with van der Waals surface area (Å²) >= 11 is 0. The summed E-state index contributed by atoms with van der Waals surface area (Å²) in [7, 11) is 5.18. The van der Waals surface area contributed by atoms with Crippen LogP contribution in [0.2, 0.25) is 0 Å². The zero-order valence-electron chi connectivity index (χ0n) is 38.4. The first-order chi connectivity index (χ1) is 28.4. The van der Waals surface area contributed by atoms with Crippen molar-refractivity contribution in [2.75, 3.05) is 21.2 Å². The van der Waals surface area contributed by atoms with E-state index in [0.29, 0.717) is 6.42 Å². The zero-order valence-corrected chi connectivity index (χ0v) is 38.4. The summed E-state index contributed by atoms with van der Waals surface area (Å²) in [6, 6.07) is 9.03. The topological polar surface area (TPSA) is 212 Å². The first-order valence-electron chi connectivity index (χ1n) is 21.7. The molecule has 0 bridgehead atoms. The Balaban J connectivity index is 1.74.